The third-order valence-corrected chi connectivity index (χ3v) is 9.37. The zero-order valence-electron chi connectivity index (χ0n) is 27.5. The first-order chi connectivity index (χ1) is 24.5. The number of carbonyl (C=O) groups is 2. The van der Waals surface area contributed by atoms with Gasteiger partial charge in [-0.1, -0.05) is 103 Å². The molecule has 50 heavy (non-hydrogen) atoms. The number of nitrogens with one attached hydrogen (secondary N) is 3. The molecule has 0 bridgehead atoms. The van der Waals surface area contributed by atoms with Gasteiger partial charge in [-0.2, -0.15) is 5.10 Å². The molecule has 258 valence electrons. The number of amides is 2. The van der Waals surface area contributed by atoms with E-state index in [0.717, 1.165) is 44.1 Å². The van der Waals surface area contributed by atoms with Crippen LogP contribution < -0.4 is 10.6 Å². The minimum atomic E-state index is -0.819. The summed E-state index contributed by atoms with van der Waals surface area (Å²) < 4.78 is 18.0. The lowest BCUT2D eigenvalue weighted by atomic mass is 9.99. The minimum absolute atomic E-state index is 0.0180. The molecule has 0 aliphatic carbocycles. The van der Waals surface area contributed by atoms with Crippen LogP contribution in [0.3, 0.4) is 0 Å². The first-order valence-electron chi connectivity index (χ1n) is 16.3. The van der Waals surface area contributed by atoms with Crippen LogP contribution in [0, 0.1) is 0 Å². The molecule has 12 heteroatoms. The number of hydrogen-bond acceptors (Lipinski definition) is 9. The lowest BCUT2D eigenvalue weighted by Gasteiger charge is -2.36. The Morgan fingerprint density at radius 2 is 1.68 bits per heavy atom. The van der Waals surface area contributed by atoms with E-state index in [2.05, 4.69) is 31.9 Å². The van der Waals surface area contributed by atoms with E-state index in [4.69, 9.17) is 14.2 Å². The van der Waals surface area contributed by atoms with Crippen LogP contribution in [0.15, 0.2) is 115 Å². The fraction of sp³-hybridized carbons (Fsp3) is 0.263. The second-order valence-electron chi connectivity index (χ2n) is 11.9. The number of esters is 1. The highest BCUT2D eigenvalue weighted by molar-refractivity contribution is 7.99. The molecule has 1 aromatic heterocycles. The second-order valence-corrected chi connectivity index (χ2v) is 12.9. The highest BCUT2D eigenvalue weighted by Crippen LogP contribution is 2.40. The molecule has 4 atom stereocenters. The zero-order valence-corrected chi connectivity index (χ0v) is 28.3. The van der Waals surface area contributed by atoms with Crippen molar-refractivity contribution >= 4 is 23.8 Å². The summed E-state index contributed by atoms with van der Waals surface area (Å²) in [7, 11) is 1.31. The molecule has 4 aromatic carbocycles. The third kappa shape index (κ3) is 9.36. The van der Waals surface area contributed by atoms with E-state index in [-0.39, 0.29) is 25.4 Å². The van der Waals surface area contributed by atoms with Gasteiger partial charge in [-0.3, -0.25) is 5.10 Å². The van der Waals surface area contributed by atoms with Crippen LogP contribution in [0.5, 0.6) is 0 Å². The molecule has 1 aliphatic rings. The predicted octanol–water partition coefficient (Wildman–Crippen LogP) is 5.89. The van der Waals surface area contributed by atoms with Gasteiger partial charge in [0.25, 0.3) is 0 Å². The van der Waals surface area contributed by atoms with Crippen molar-refractivity contribution in [2.75, 3.05) is 12.9 Å². The van der Waals surface area contributed by atoms with Crippen molar-refractivity contribution in [1.82, 2.24) is 25.8 Å². The summed E-state index contributed by atoms with van der Waals surface area (Å²) in [5.41, 5.74) is 6.47. The van der Waals surface area contributed by atoms with Gasteiger partial charge < -0.3 is 30.0 Å². The average Bonchev–Trinajstić information content (AvgIpc) is 3.70. The fourth-order valence-electron chi connectivity index (χ4n) is 5.76. The number of benzene rings is 4. The second kappa shape index (κ2) is 17.1. The van der Waals surface area contributed by atoms with Crippen LogP contribution in [0.1, 0.15) is 46.6 Å². The van der Waals surface area contributed by atoms with Crippen molar-refractivity contribution in [2.24, 2.45) is 0 Å². The molecule has 0 saturated carbocycles. The van der Waals surface area contributed by atoms with Crippen molar-refractivity contribution in [3.05, 3.63) is 137 Å². The molecule has 1 saturated heterocycles. The quantitative estimate of drug-likeness (QED) is 0.0876. The molecular weight excluding hydrogens is 655 g/mol. The lowest BCUT2D eigenvalue weighted by Crippen LogP contribution is -2.47. The van der Waals surface area contributed by atoms with Crippen LogP contribution in [-0.4, -0.2) is 57.3 Å². The summed E-state index contributed by atoms with van der Waals surface area (Å²) in [6, 6.07) is 32.0. The van der Waals surface area contributed by atoms with Crippen LogP contribution >= 0.6 is 11.8 Å². The molecular formula is C38H39N5O6S. The number of rotatable bonds is 13. The van der Waals surface area contributed by atoms with Crippen LogP contribution in [0.2, 0.25) is 0 Å². The van der Waals surface area contributed by atoms with E-state index >= 15 is 0 Å². The summed E-state index contributed by atoms with van der Waals surface area (Å²) >= 11 is 1.55. The van der Waals surface area contributed by atoms with E-state index in [1.807, 2.05) is 97.1 Å². The molecule has 2 amide bonds. The number of methoxy groups -OCH3 is 1. The highest BCUT2D eigenvalue weighted by Gasteiger charge is 2.32. The standard InChI is InChI=1S/C38H39N5O6S/c1-47-35(45)33(18-25-7-3-2-4-8-25)42-37(46)39-21-27-9-5-10-29(17-27)30-11-6-12-31(19-30)36-48-32(23-50-38-40-24-41-43-38)20-34(49-36)28-15-13-26(22-44)14-16-28/h2-17,19,24,32-34,36,44H,18,20-23H2,1H3,(H2,39,42,46)(H,40,41,43)/t32-,33+,34+,36+/m1/s1. The Kier molecular flexibility index (Phi) is 11.9. The van der Waals surface area contributed by atoms with Gasteiger partial charge in [0.2, 0.25) is 0 Å². The van der Waals surface area contributed by atoms with E-state index in [1.54, 1.807) is 11.8 Å². The number of aliphatic hydroxyl groups excluding tert-OH is 1. The smallest absolute Gasteiger partial charge is 0.328 e. The number of aliphatic hydroxyl groups is 1. The van der Waals surface area contributed by atoms with Gasteiger partial charge in [0, 0.05) is 30.7 Å². The van der Waals surface area contributed by atoms with E-state index in [1.165, 1.54) is 13.4 Å². The first-order valence-corrected chi connectivity index (χ1v) is 17.3. The maximum atomic E-state index is 12.8. The van der Waals surface area contributed by atoms with Crippen molar-refractivity contribution < 1.29 is 28.9 Å². The maximum absolute atomic E-state index is 12.8. The van der Waals surface area contributed by atoms with Gasteiger partial charge in [-0.25, -0.2) is 14.6 Å². The molecule has 0 radical (unpaired) electrons. The van der Waals surface area contributed by atoms with Crippen molar-refractivity contribution in [3.63, 3.8) is 0 Å². The Morgan fingerprint density at radius 3 is 2.42 bits per heavy atom. The van der Waals surface area contributed by atoms with Gasteiger partial charge in [0.15, 0.2) is 11.4 Å². The number of thioether (sulfide) groups is 1. The number of aromatic nitrogens is 3. The van der Waals surface area contributed by atoms with Gasteiger partial charge in [-0.05, 0) is 45.5 Å². The Balaban J connectivity index is 1.13. The fourth-order valence-corrected chi connectivity index (χ4v) is 6.56. The van der Waals surface area contributed by atoms with Crippen LogP contribution in [0.4, 0.5) is 4.79 Å². The van der Waals surface area contributed by atoms with Crippen LogP contribution in [0.25, 0.3) is 11.1 Å². The molecule has 2 heterocycles. The Morgan fingerprint density at radius 1 is 0.920 bits per heavy atom. The Labute approximate surface area is 294 Å². The topological polar surface area (TPSA) is 148 Å². The first kappa shape index (κ1) is 34.8. The number of hydrogen-bond donors (Lipinski definition) is 4. The minimum Gasteiger partial charge on any atom is -0.467 e. The molecule has 4 N–H and O–H groups in total. The van der Waals surface area contributed by atoms with Crippen molar-refractivity contribution in [2.45, 2.75) is 55.7 Å². The summed E-state index contributed by atoms with van der Waals surface area (Å²) in [6.07, 6.45) is 1.52. The van der Waals surface area contributed by atoms with Crippen LogP contribution in [-0.2, 0) is 38.6 Å². The average molecular weight is 694 g/mol. The summed E-state index contributed by atoms with van der Waals surface area (Å²) in [5, 5.41) is 22.7. The number of urea groups is 1. The van der Waals surface area contributed by atoms with Crippen molar-refractivity contribution in [1.29, 1.82) is 0 Å². The summed E-state index contributed by atoms with van der Waals surface area (Å²) in [5.74, 6) is 0.150. The number of ether oxygens (including phenoxy) is 3. The maximum Gasteiger partial charge on any atom is 0.328 e. The predicted molar refractivity (Wildman–Crippen MR) is 189 cm³/mol. The van der Waals surface area contributed by atoms with Crippen molar-refractivity contribution in [3.8, 4) is 11.1 Å². The van der Waals surface area contributed by atoms with Gasteiger partial charge in [-0.15, -0.1) is 0 Å². The number of carbonyl (C=O) groups excluding carboxylic acids is 2. The largest absolute Gasteiger partial charge is 0.467 e. The summed E-state index contributed by atoms with van der Waals surface area (Å²) in [4.78, 5) is 29.4. The normalized spacial score (nSPS) is 17.8. The molecule has 1 aliphatic heterocycles. The lowest BCUT2D eigenvalue weighted by molar-refractivity contribution is -0.245. The number of aromatic amines is 1. The van der Waals surface area contributed by atoms with E-state index in [9.17, 15) is 14.7 Å². The molecule has 0 unspecified atom stereocenters. The zero-order chi connectivity index (χ0) is 34.7. The number of H-pyrrole nitrogens is 1. The van der Waals surface area contributed by atoms with E-state index in [0.29, 0.717) is 18.6 Å². The summed E-state index contributed by atoms with van der Waals surface area (Å²) in [6.45, 7) is 0.241. The third-order valence-electron chi connectivity index (χ3n) is 8.36. The van der Waals surface area contributed by atoms with Gasteiger partial charge in [0.1, 0.15) is 12.4 Å². The number of nitrogens with zero attached hydrogens (tertiary/aromatic N) is 2. The molecule has 0 spiro atoms. The molecule has 11 nitrogen and oxygen atoms in total. The Hall–Kier alpha value is -5.01. The Bertz CT molecular complexity index is 1840. The van der Waals surface area contributed by atoms with Gasteiger partial charge >= 0.3 is 12.0 Å². The highest BCUT2D eigenvalue weighted by atomic mass is 32.2. The monoisotopic (exact) mass is 693 g/mol. The van der Waals surface area contributed by atoms with Gasteiger partial charge in [0.05, 0.1) is 25.9 Å². The molecule has 1 fully saturated rings. The molecule has 6 rings (SSSR count). The van der Waals surface area contributed by atoms with E-state index < -0.39 is 24.3 Å². The molecule has 5 aromatic rings. The SMILES string of the molecule is COC(=O)[C@H](Cc1ccccc1)NC(=O)NCc1cccc(-c2cccc([C@H]3O[C@@H](CSc4ncn[nH]4)C[C@@H](c4ccc(CO)cc4)O3)c2)c1.